The summed E-state index contributed by atoms with van der Waals surface area (Å²) in [7, 11) is 1.60. The van der Waals surface area contributed by atoms with Crippen molar-refractivity contribution in [3.05, 3.63) is 23.8 Å². The molecule has 0 amide bonds. The van der Waals surface area contributed by atoms with Gasteiger partial charge in [-0.25, -0.2) is 0 Å². The molecule has 1 aliphatic rings. The lowest BCUT2D eigenvalue weighted by Crippen LogP contribution is -2.16. The zero-order chi connectivity index (χ0) is 12.3. The maximum absolute atomic E-state index is 9.14. The highest BCUT2D eigenvalue weighted by molar-refractivity contribution is 5.48. The summed E-state index contributed by atoms with van der Waals surface area (Å²) in [5.41, 5.74) is 6.65. The molecule has 0 aromatic heterocycles. The highest BCUT2D eigenvalue weighted by Gasteiger charge is 2.24. The van der Waals surface area contributed by atoms with Gasteiger partial charge in [0.1, 0.15) is 0 Å². The van der Waals surface area contributed by atoms with Gasteiger partial charge in [0.25, 0.3) is 0 Å². The Hall–Kier alpha value is -1.26. The van der Waals surface area contributed by atoms with Gasteiger partial charge in [-0.1, -0.05) is 12.1 Å². The number of hydrogen-bond donors (Lipinski definition) is 2. The van der Waals surface area contributed by atoms with Gasteiger partial charge >= 0.3 is 0 Å². The number of para-hydroxylation sites is 1. The van der Waals surface area contributed by atoms with Crippen molar-refractivity contribution in [2.24, 2.45) is 11.7 Å². The largest absolute Gasteiger partial charge is 0.493 e. The maximum atomic E-state index is 9.14. The lowest BCUT2D eigenvalue weighted by atomic mass is 10.1. The Morgan fingerprint density at radius 1 is 1.47 bits per heavy atom. The molecule has 1 aromatic rings. The number of benzene rings is 1. The van der Waals surface area contributed by atoms with E-state index in [9.17, 15) is 0 Å². The Labute approximate surface area is 101 Å². The van der Waals surface area contributed by atoms with Crippen LogP contribution in [0.3, 0.4) is 0 Å². The number of methoxy groups -OCH3 is 1. The minimum atomic E-state index is -0.431. The van der Waals surface area contributed by atoms with Gasteiger partial charge in [-0.15, -0.1) is 0 Å². The monoisotopic (exact) mass is 237 g/mol. The van der Waals surface area contributed by atoms with Crippen LogP contribution in [0.15, 0.2) is 18.2 Å². The van der Waals surface area contributed by atoms with Crippen LogP contribution in [0.25, 0.3) is 0 Å². The zero-order valence-electron chi connectivity index (χ0n) is 10.1. The summed E-state index contributed by atoms with van der Waals surface area (Å²) in [5.74, 6) is 2.01. The van der Waals surface area contributed by atoms with E-state index in [4.69, 9.17) is 20.3 Å². The highest BCUT2D eigenvalue weighted by atomic mass is 16.5. The lowest BCUT2D eigenvalue weighted by Gasteiger charge is -2.17. The van der Waals surface area contributed by atoms with Crippen molar-refractivity contribution < 1.29 is 14.6 Å². The average Bonchev–Trinajstić information content (AvgIpc) is 3.18. The van der Waals surface area contributed by atoms with E-state index in [2.05, 4.69) is 0 Å². The number of hydrogen-bond acceptors (Lipinski definition) is 4. The molecule has 0 heterocycles. The molecular formula is C13H19NO3. The summed E-state index contributed by atoms with van der Waals surface area (Å²) in [6.07, 6.45) is 2.47. The summed E-state index contributed by atoms with van der Waals surface area (Å²) in [6, 6.07) is 5.13. The van der Waals surface area contributed by atoms with Crippen molar-refractivity contribution >= 4 is 0 Å². The fraction of sp³-hybridized carbons (Fsp3) is 0.538. The molecule has 2 rings (SSSR count). The number of ether oxygens (including phenoxy) is 2. The molecule has 4 nitrogen and oxygen atoms in total. The molecule has 0 spiro atoms. The van der Waals surface area contributed by atoms with Gasteiger partial charge in [0.05, 0.1) is 26.4 Å². The molecule has 0 bridgehead atoms. The van der Waals surface area contributed by atoms with Crippen LogP contribution >= 0.6 is 0 Å². The molecule has 0 radical (unpaired) electrons. The van der Waals surface area contributed by atoms with E-state index in [1.807, 2.05) is 18.2 Å². The molecule has 94 valence electrons. The van der Waals surface area contributed by atoms with E-state index in [-0.39, 0.29) is 6.61 Å². The Bertz CT molecular complexity index is 377. The van der Waals surface area contributed by atoms with Crippen molar-refractivity contribution in [2.45, 2.75) is 18.9 Å². The minimum Gasteiger partial charge on any atom is -0.493 e. The van der Waals surface area contributed by atoms with Crippen LogP contribution in [0.1, 0.15) is 24.4 Å². The van der Waals surface area contributed by atoms with Crippen molar-refractivity contribution in [2.75, 3.05) is 20.3 Å². The third kappa shape index (κ3) is 2.90. The maximum Gasteiger partial charge on any atom is 0.166 e. The van der Waals surface area contributed by atoms with Crippen LogP contribution in [-0.2, 0) is 0 Å². The molecule has 1 atom stereocenters. The minimum absolute atomic E-state index is 0.104. The van der Waals surface area contributed by atoms with E-state index >= 15 is 0 Å². The van der Waals surface area contributed by atoms with Gasteiger partial charge in [0.15, 0.2) is 11.5 Å². The van der Waals surface area contributed by atoms with Gasteiger partial charge in [0.2, 0.25) is 0 Å². The first-order chi connectivity index (χ1) is 8.26. The van der Waals surface area contributed by atoms with E-state index in [1.165, 1.54) is 12.8 Å². The van der Waals surface area contributed by atoms with E-state index < -0.39 is 6.04 Å². The van der Waals surface area contributed by atoms with Crippen LogP contribution in [0, 0.1) is 5.92 Å². The van der Waals surface area contributed by atoms with E-state index in [1.54, 1.807) is 7.11 Å². The predicted molar refractivity (Wildman–Crippen MR) is 65.2 cm³/mol. The fourth-order valence-electron chi connectivity index (χ4n) is 1.72. The fourth-order valence-corrected chi connectivity index (χ4v) is 1.72. The van der Waals surface area contributed by atoms with Crippen molar-refractivity contribution in [1.82, 2.24) is 0 Å². The molecule has 0 saturated heterocycles. The van der Waals surface area contributed by atoms with Gasteiger partial charge in [-0.3, -0.25) is 0 Å². The first-order valence-corrected chi connectivity index (χ1v) is 5.92. The van der Waals surface area contributed by atoms with Crippen molar-refractivity contribution in [3.8, 4) is 11.5 Å². The molecule has 1 saturated carbocycles. The second-order valence-electron chi connectivity index (χ2n) is 4.42. The summed E-state index contributed by atoms with van der Waals surface area (Å²) in [4.78, 5) is 0. The van der Waals surface area contributed by atoms with Gasteiger partial charge in [-0.05, 0) is 24.8 Å². The first-order valence-electron chi connectivity index (χ1n) is 5.92. The van der Waals surface area contributed by atoms with Crippen LogP contribution in [-0.4, -0.2) is 25.4 Å². The quantitative estimate of drug-likeness (QED) is 0.786. The molecule has 0 aliphatic heterocycles. The second-order valence-corrected chi connectivity index (χ2v) is 4.42. The second kappa shape index (κ2) is 5.38. The predicted octanol–water partition coefficient (Wildman–Crippen LogP) is 1.48. The molecule has 1 fully saturated rings. The van der Waals surface area contributed by atoms with Crippen molar-refractivity contribution in [1.29, 1.82) is 0 Å². The van der Waals surface area contributed by atoms with Crippen LogP contribution in [0.4, 0.5) is 0 Å². The third-order valence-electron chi connectivity index (χ3n) is 2.99. The molecule has 1 aliphatic carbocycles. The molecule has 3 N–H and O–H groups in total. The van der Waals surface area contributed by atoms with Crippen molar-refractivity contribution in [3.63, 3.8) is 0 Å². The third-order valence-corrected chi connectivity index (χ3v) is 2.99. The summed E-state index contributed by atoms with van der Waals surface area (Å²) in [5, 5.41) is 9.14. The first kappa shape index (κ1) is 12.2. The summed E-state index contributed by atoms with van der Waals surface area (Å²) >= 11 is 0. The Morgan fingerprint density at radius 3 is 2.82 bits per heavy atom. The standard InChI is InChI=1S/C13H19NO3/c1-16-12-4-2-3-10(11(14)7-15)13(12)17-8-9-5-6-9/h2-4,9,11,15H,5-8,14H2,1H3. The Morgan fingerprint density at radius 2 is 2.24 bits per heavy atom. The van der Waals surface area contributed by atoms with Gasteiger partial charge in [-0.2, -0.15) is 0 Å². The summed E-state index contributed by atoms with van der Waals surface area (Å²) in [6.45, 7) is 0.596. The van der Waals surface area contributed by atoms with E-state index in [0.717, 1.165) is 5.56 Å². The van der Waals surface area contributed by atoms with Crippen LogP contribution in [0.5, 0.6) is 11.5 Å². The average molecular weight is 237 g/mol. The Kier molecular flexibility index (Phi) is 3.86. The molecule has 4 heteroatoms. The number of aliphatic hydroxyl groups is 1. The molecule has 1 aromatic carbocycles. The SMILES string of the molecule is COc1cccc(C(N)CO)c1OCC1CC1. The number of aliphatic hydroxyl groups excluding tert-OH is 1. The highest BCUT2D eigenvalue weighted by Crippen LogP contribution is 2.36. The van der Waals surface area contributed by atoms with Gasteiger partial charge in [0, 0.05) is 5.56 Å². The zero-order valence-corrected chi connectivity index (χ0v) is 10.1. The van der Waals surface area contributed by atoms with Crippen LogP contribution < -0.4 is 15.2 Å². The normalized spacial score (nSPS) is 16.6. The molecule has 1 unspecified atom stereocenters. The smallest absolute Gasteiger partial charge is 0.166 e. The molecule has 17 heavy (non-hydrogen) atoms. The number of nitrogens with two attached hydrogens (primary N) is 1. The number of rotatable bonds is 6. The van der Waals surface area contributed by atoms with Gasteiger partial charge < -0.3 is 20.3 Å². The Balaban J connectivity index is 2.21. The lowest BCUT2D eigenvalue weighted by molar-refractivity contribution is 0.251. The summed E-state index contributed by atoms with van der Waals surface area (Å²) < 4.78 is 11.1. The van der Waals surface area contributed by atoms with E-state index in [0.29, 0.717) is 24.0 Å². The molecular weight excluding hydrogens is 218 g/mol. The van der Waals surface area contributed by atoms with Crippen LogP contribution in [0.2, 0.25) is 0 Å². The topological polar surface area (TPSA) is 64.7 Å².